The zero-order chi connectivity index (χ0) is 14.6. The van der Waals surface area contributed by atoms with Crippen LogP contribution in [0.5, 0.6) is 0 Å². The van der Waals surface area contributed by atoms with Crippen molar-refractivity contribution < 1.29 is 4.79 Å². The Balaban J connectivity index is 2.27. The molecule has 0 fully saturated rings. The summed E-state index contributed by atoms with van der Waals surface area (Å²) < 4.78 is 0. The smallest absolute Gasteiger partial charge is 0.216 e. The minimum absolute atomic E-state index is 0.0114. The summed E-state index contributed by atoms with van der Waals surface area (Å²) >= 11 is 0. The van der Waals surface area contributed by atoms with Gasteiger partial charge in [-0.05, 0) is 16.7 Å². The third-order valence-electron chi connectivity index (χ3n) is 3.53. The van der Waals surface area contributed by atoms with Crippen molar-refractivity contribution in [2.75, 3.05) is 6.54 Å². The third-order valence-corrected chi connectivity index (χ3v) is 3.53. The van der Waals surface area contributed by atoms with Gasteiger partial charge in [0, 0.05) is 18.9 Å². The van der Waals surface area contributed by atoms with E-state index in [1.54, 1.807) is 6.92 Å². The number of nitrogens with one attached hydrogen (secondary N) is 1. The Bertz CT molecular complexity index is 587. The van der Waals surface area contributed by atoms with Crippen molar-refractivity contribution in [1.82, 2.24) is 5.32 Å². The molecule has 0 aliphatic carbocycles. The molecule has 0 atom stereocenters. The second-order valence-electron chi connectivity index (χ2n) is 5.74. The zero-order valence-electron chi connectivity index (χ0n) is 12.3. The largest absolute Gasteiger partial charge is 0.355 e. The van der Waals surface area contributed by atoms with E-state index in [0.717, 1.165) is 0 Å². The van der Waals surface area contributed by atoms with Crippen molar-refractivity contribution in [3.63, 3.8) is 0 Å². The van der Waals surface area contributed by atoms with Crippen LogP contribution in [0.3, 0.4) is 0 Å². The van der Waals surface area contributed by atoms with Crippen LogP contribution in [0.4, 0.5) is 0 Å². The molecule has 0 unspecified atom stereocenters. The van der Waals surface area contributed by atoms with Crippen LogP contribution in [0.25, 0.3) is 11.1 Å². The molecule has 0 aliphatic rings. The summed E-state index contributed by atoms with van der Waals surface area (Å²) in [6, 6.07) is 18.9. The summed E-state index contributed by atoms with van der Waals surface area (Å²) in [5.74, 6) is 0.0114. The topological polar surface area (TPSA) is 29.1 Å². The molecule has 1 N–H and O–H groups in total. The van der Waals surface area contributed by atoms with Crippen molar-refractivity contribution in [3.8, 4) is 11.1 Å². The number of hydrogen-bond acceptors (Lipinski definition) is 1. The highest BCUT2D eigenvalue weighted by molar-refractivity contribution is 5.73. The van der Waals surface area contributed by atoms with Gasteiger partial charge in [0.25, 0.3) is 0 Å². The van der Waals surface area contributed by atoms with Crippen LogP contribution in [-0.4, -0.2) is 12.5 Å². The number of carbonyl (C=O) groups is 1. The van der Waals surface area contributed by atoms with Gasteiger partial charge in [-0.1, -0.05) is 68.4 Å². The number of hydrogen-bond donors (Lipinski definition) is 1. The van der Waals surface area contributed by atoms with Gasteiger partial charge in [0.2, 0.25) is 5.91 Å². The molecule has 2 nitrogen and oxygen atoms in total. The van der Waals surface area contributed by atoms with Crippen LogP contribution in [0, 0.1) is 0 Å². The van der Waals surface area contributed by atoms with Crippen LogP contribution < -0.4 is 5.32 Å². The standard InChI is InChI=1S/C18H21NO/c1-14(20)19-13-18(2,3)17-11-7-10-16(12-17)15-8-5-4-6-9-15/h4-12H,13H2,1-3H3,(H,19,20). The fourth-order valence-electron chi connectivity index (χ4n) is 2.20. The van der Waals surface area contributed by atoms with Gasteiger partial charge in [0.15, 0.2) is 0 Å². The van der Waals surface area contributed by atoms with Crippen molar-refractivity contribution >= 4 is 5.91 Å². The van der Waals surface area contributed by atoms with Gasteiger partial charge in [0.05, 0.1) is 0 Å². The Hall–Kier alpha value is -2.09. The van der Waals surface area contributed by atoms with Crippen molar-refractivity contribution in [2.24, 2.45) is 0 Å². The molecule has 2 heteroatoms. The fourth-order valence-corrected chi connectivity index (χ4v) is 2.20. The minimum Gasteiger partial charge on any atom is -0.355 e. The monoisotopic (exact) mass is 267 g/mol. The highest BCUT2D eigenvalue weighted by Gasteiger charge is 2.21. The van der Waals surface area contributed by atoms with E-state index in [2.05, 4.69) is 55.6 Å². The van der Waals surface area contributed by atoms with E-state index in [1.807, 2.05) is 18.2 Å². The van der Waals surface area contributed by atoms with Gasteiger partial charge in [-0.25, -0.2) is 0 Å². The number of carbonyl (C=O) groups excluding carboxylic acids is 1. The van der Waals surface area contributed by atoms with Crippen molar-refractivity contribution in [3.05, 3.63) is 60.2 Å². The first-order valence-corrected chi connectivity index (χ1v) is 6.89. The van der Waals surface area contributed by atoms with Gasteiger partial charge < -0.3 is 5.32 Å². The third kappa shape index (κ3) is 3.47. The quantitative estimate of drug-likeness (QED) is 0.897. The molecule has 104 valence electrons. The molecule has 1 amide bonds. The van der Waals surface area contributed by atoms with Gasteiger partial charge in [0.1, 0.15) is 0 Å². The van der Waals surface area contributed by atoms with E-state index in [1.165, 1.54) is 16.7 Å². The maximum Gasteiger partial charge on any atom is 0.216 e. The predicted molar refractivity (Wildman–Crippen MR) is 83.6 cm³/mol. The molecule has 2 aromatic rings. The SMILES string of the molecule is CC(=O)NCC(C)(C)c1cccc(-c2ccccc2)c1. The Labute approximate surface area is 120 Å². The number of rotatable bonds is 4. The number of amides is 1. The molecule has 0 saturated carbocycles. The van der Waals surface area contributed by atoms with Crippen LogP contribution >= 0.6 is 0 Å². The molecule has 0 saturated heterocycles. The lowest BCUT2D eigenvalue weighted by Gasteiger charge is -2.26. The summed E-state index contributed by atoms with van der Waals surface area (Å²) in [5, 5.41) is 2.90. The van der Waals surface area contributed by atoms with Crippen LogP contribution in [0.2, 0.25) is 0 Å². The van der Waals surface area contributed by atoms with Crippen molar-refractivity contribution in [2.45, 2.75) is 26.2 Å². The van der Waals surface area contributed by atoms with E-state index in [-0.39, 0.29) is 11.3 Å². The normalized spacial score (nSPS) is 11.2. The average molecular weight is 267 g/mol. The lowest BCUT2D eigenvalue weighted by atomic mass is 9.83. The lowest BCUT2D eigenvalue weighted by Crippen LogP contribution is -2.35. The van der Waals surface area contributed by atoms with Gasteiger partial charge >= 0.3 is 0 Å². The molecule has 2 rings (SSSR count). The Morgan fingerprint density at radius 2 is 1.65 bits per heavy atom. The van der Waals surface area contributed by atoms with E-state index < -0.39 is 0 Å². The number of benzene rings is 2. The van der Waals surface area contributed by atoms with E-state index in [4.69, 9.17) is 0 Å². The second-order valence-corrected chi connectivity index (χ2v) is 5.74. The molecule has 20 heavy (non-hydrogen) atoms. The highest BCUT2D eigenvalue weighted by Crippen LogP contribution is 2.27. The Morgan fingerprint density at radius 1 is 1.00 bits per heavy atom. The summed E-state index contributed by atoms with van der Waals surface area (Å²) in [6.45, 7) is 6.48. The molecule has 0 spiro atoms. The van der Waals surface area contributed by atoms with E-state index in [9.17, 15) is 4.79 Å². The van der Waals surface area contributed by atoms with Gasteiger partial charge in [-0.2, -0.15) is 0 Å². The molecular weight excluding hydrogens is 246 g/mol. The predicted octanol–water partition coefficient (Wildman–Crippen LogP) is 3.77. The van der Waals surface area contributed by atoms with Crippen LogP contribution in [0.15, 0.2) is 54.6 Å². The molecule has 0 heterocycles. The first kappa shape index (κ1) is 14.3. The minimum atomic E-state index is -0.0868. The molecular formula is C18H21NO. The molecule has 0 aliphatic heterocycles. The van der Waals surface area contributed by atoms with Crippen molar-refractivity contribution in [1.29, 1.82) is 0 Å². The maximum absolute atomic E-state index is 11.1. The van der Waals surface area contributed by atoms with E-state index >= 15 is 0 Å². The Morgan fingerprint density at radius 3 is 2.30 bits per heavy atom. The maximum atomic E-state index is 11.1. The van der Waals surface area contributed by atoms with Crippen LogP contribution in [-0.2, 0) is 10.2 Å². The summed E-state index contributed by atoms with van der Waals surface area (Å²) in [7, 11) is 0. The van der Waals surface area contributed by atoms with E-state index in [0.29, 0.717) is 6.54 Å². The first-order chi connectivity index (χ1) is 9.49. The summed E-state index contributed by atoms with van der Waals surface area (Å²) in [6.07, 6.45) is 0. The summed E-state index contributed by atoms with van der Waals surface area (Å²) in [5.41, 5.74) is 3.56. The molecule has 0 aromatic heterocycles. The molecule has 0 radical (unpaired) electrons. The summed E-state index contributed by atoms with van der Waals surface area (Å²) in [4.78, 5) is 11.1. The molecule has 2 aromatic carbocycles. The fraction of sp³-hybridized carbons (Fsp3) is 0.278. The van der Waals surface area contributed by atoms with Gasteiger partial charge in [-0.15, -0.1) is 0 Å². The Kier molecular flexibility index (Phi) is 4.23. The first-order valence-electron chi connectivity index (χ1n) is 6.89. The lowest BCUT2D eigenvalue weighted by molar-refractivity contribution is -0.119. The molecule has 0 bridgehead atoms. The van der Waals surface area contributed by atoms with Crippen LogP contribution in [0.1, 0.15) is 26.3 Å². The van der Waals surface area contributed by atoms with Gasteiger partial charge in [-0.3, -0.25) is 4.79 Å². The second kappa shape index (κ2) is 5.91. The average Bonchev–Trinajstić information content (AvgIpc) is 2.46. The highest BCUT2D eigenvalue weighted by atomic mass is 16.1. The zero-order valence-corrected chi connectivity index (χ0v) is 12.3.